The number of nitrogens with zero attached hydrogens (tertiary/aromatic N) is 1. The molecule has 0 fully saturated rings. The van der Waals surface area contributed by atoms with Crippen molar-refractivity contribution in [3.63, 3.8) is 0 Å². The average molecular weight is 314 g/mol. The Kier molecular flexibility index (Phi) is 5.68. The number of nitro benzene ring substituents is 1. The predicted octanol–water partition coefficient (Wildman–Crippen LogP) is 4.03. The normalized spacial score (nSPS) is 10.1. The zero-order valence-electron chi connectivity index (χ0n) is 12.8. The van der Waals surface area contributed by atoms with Gasteiger partial charge in [-0.3, -0.25) is 14.9 Å². The number of hydrogen-bond acceptors (Lipinski definition) is 4. The molecular formula is C17H18N2O4. The van der Waals surface area contributed by atoms with E-state index in [-0.39, 0.29) is 11.6 Å². The van der Waals surface area contributed by atoms with Gasteiger partial charge in [-0.25, -0.2) is 0 Å². The summed E-state index contributed by atoms with van der Waals surface area (Å²) in [5, 5.41) is 13.4. The Morgan fingerprint density at radius 2 is 2.00 bits per heavy atom. The van der Waals surface area contributed by atoms with Gasteiger partial charge in [0.25, 0.3) is 11.6 Å². The highest BCUT2D eigenvalue weighted by Crippen LogP contribution is 2.19. The second-order valence-electron chi connectivity index (χ2n) is 4.99. The van der Waals surface area contributed by atoms with E-state index in [4.69, 9.17) is 4.74 Å². The fraction of sp³-hybridized carbons (Fsp3) is 0.235. The average Bonchev–Trinajstić information content (AvgIpc) is 2.55. The van der Waals surface area contributed by atoms with E-state index in [0.29, 0.717) is 23.6 Å². The van der Waals surface area contributed by atoms with Crippen LogP contribution in [0.3, 0.4) is 0 Å². The van der Waals surface area contributed by atoms with Crippen LogP contribution in [0.4, 0.5) is 11.4 Å². The number of carbonyl (C=O) groups excluding carboxylic acids is 1. The number of amides is 1. The number of rotatable bonds is 7. The Balaban J connectivity index is 2.07. The lowest BCUT2D eigenvalue weighted by molar-refractivity contribution is -0.384. The SMILES string of the molecule is CCCCOc1cccc(C(=O)Nc2cccc([N+](=O)[O-])c2)c1. The topological polar surface area (TPSA) is 81.5 Å². The van der Waals surface area contributed by atoms with Gasteiger partial charge in [0.05, 0.1) is 11.5 Å². The first kappa shape index (κ1) is 16.5. The largest absolute Gasteiger partial charge is 0.494 e. The first-order valence-electron chi connectivity index (χ1n) is 7.39. The van der Waals surface area contributed by atoms with Crippen LogP contribution < -0.4 is 10.1 Å². The highest BCUT2D eigenvalue weighted by Gasteiger charge is 2.10. The second-order valence-corrected chi connectivity index (χ2v) is 4.99. The molecule has 0 spiro atoms. The molecule has 1 N–H and O–H groups in total. The molecule has 0 aliphatic rings. The van der Waals surface area contributed by atoms with Crippen LogP contribution in [0, 0.1) is 10.1 Å². The third-order valence-corrected chi connectivity index (χ3v) is 3.18. The van der Waals surface area contributed by atoms with E-state index in [0.717, 1.165) is 12.8 Å². The zero-order chi connectivity index (χ0) is 16.7. The van der Waals surface area contributed by atoms with E-state index >= 15 is 0 Å². The number of nitrogens with one attached hydrogen (secondary N) is 1. The van der Waals surface area contributed by atoms with Crippen LogP contribution in [0.2, 0.25) is 0 Å². The van der Waals surface area contributed by atoms with E-state index in [2.05, 4.69) is 12.2 Å². The van der Waals surface area contributed by atoms with Gasteiger partial charge in [0.2, 0.25) is 0 Å². The minimum atomic E-state index is -0.502. The molecule has 0 aromatic heterocycles. The molecule has 0 saturated heterocycles. The fourth-order valence-electron chi connectivity index (χ4n) is 1.96. The molecule has 0 aliphatic carbocycles. The van der Waals surface area contributed by atoms with E-state index in [1.165, 1.54) is 18.2 Å². The summed E-state index contributed by atoms with van der Waals surface area (Å²) in [7, 11) is 0. The van der Waals surface area contributed by atoms with Crippen molar-refractivity contribution < 1.29 is 14.5 Å². The van der Waals surface area contributed by atoms with Crippen molar-refractivity contribution in [1.29, 1.82) is 0 Å². The maximum atomic E-state index is 12.2. The van der Waals surface area contributed by atoms with E-state index in [1.807, 2.05) is 0 Å². The van der Waals surface area contributed by atoms with Crippen LogP contribution in [0.5, 0.6) is 5.75 Å². The smallest absolute Gasteiger partial charge is 0.271 e. The van der Waals surface area contributed by atoms with Crippen LogP contribution in [0.1, 0.15) is 30.1 Å². The molecule has 0 unspecified atom stereocenters. The van der Waals surface area contributed by atoms with Crippen molar-refractivity contribution in [1.82, 2.24) is 0 Å². The molecule has 6 heteroatoms. The number of anilines is 1. The summed E-state index contributed by atoms with van der Waals surface area (Å²) < 4.78 is 5.57. The summed E-state index contributed by atoms with van der Waals surface area (Å²) in [6.45, 7) is 2.68. The Morgan fingerprint density at radius 1 is 1.22 bits per heavy atom. The Hall–Kier alpha value is -2.89. The maximum absolute atomic E-state index is 12.2. The van der Waals surface area contributed by atoms with Gasteiger partial charge >= 0.3 is 0 Å². The number of unbranched alkanes of at least 4 members (excludes halogenated alkanes) is 1. The van der Waals surface area contributed by atoms with E-state index < -0.39 is 4.92 Å². The van der Waals surface area contributed by atoms with Gasteiger partial charge in [-0.1, -0.05) is 25.5 Å². The first-order valence-corrected chi connectivity index (χ1v) is 7.39. The first-order chi connectivity index (χ1) is 11.1. The number of nitro groups is 1. The van der Waals surface area contributed by atoms with Crippen LogP contribution in [0.15, 0.2) is 48.5 Å². The van der Waals surface area contributed by atoms with Gasteiger partial charge in [-0.05, 0) is 30.7 Å². The minimum Gasteiger partial charge on any atom is -0.494 e. The standard InChI is InChI=1S/C17H18N2O4/c1-2-3-10-23-16-9-4-6-13(11-16)17(20)18-14-7-5-8-15(12-14)19(21)22/h4-9,11-12H,2-3,10H2,1H3,(H,18,20). The predicted molar refractivity (Wildman–Crippen MR) is 87.9 cm³/mol. The summed E-state index contributed by atoms with van der Waals surface area (Å²) in [5.74, 6) is 0.289. The van der Waals surface area contributed by atoms with Gasteiger partial charge in [0, 0.05) is 23.4 Å². The van der Waals surface area contributed by atoms with Crippen LogP contribution in [0.25, 0.3) is 0 Å². The maximum Gasteiger partial charge on any atom is 0.271 e. The molecule has 0 aliphatic heterocycles. The van der Waals surface area contributed by atoms with Crippen molar-refractivity contribution in [3.05, 3.63) is 64.2 Å². The molecule has 0 radical (unpaired) electrons. The molecule has 0 bridgehead atoms. The number of ether oxygens (including phenoxy) is 1. The molecule has 0 saturated carbocycles. The Bertz CT molecular complexity index is 700. The fourth-order valence-corrected chi connectivity index (χ4v) is 1.96. The lowest BCUT2D eigenvalue weighted by Gasteiger charge is -2.08. The second kappa shape index (κ2) is 7.93. The van der Waals surface area contributed by atoms with Gasteiger partial charge in [0.15, 0.2) is 0 Å². The third kappa shape index (κ3) is 4.81. The van der Waals surface area contributed by atoms with Gasteiger partial charge in [-0.2, -0.15) is 0 Å². The van der Waals surface area contributed by atoms with Gasteiger partial charge in [-0.15, -0.1) is 0 Å². The molecule has 23 heavy (non-hydrogen) atoms. The highest BCUT2D eigenvalue weighted by molar-refractivity contribution is 6.04. The molecule has 2 aromatic rings. The van der Waals surface area contributed by atoms with Crippen molar-refractivity contribution in [2.75, 3.05) is 11.9 Å². The molecule has 6 nitrogen and oxygen atoms in total. The zero-order valence-corrected chi connectivity index (χ0v) is 12.8. The molecular weight excluding hydrogens is 296 g/mol. The van der Waals surface area contributed by atoms with Crippen LogP contribution >= 0.6 is 0 Å². The number of hydrogen-bond donors (Lipinski definition) is 1. The summed E-state index contributed by atoms with van der Waals surface area (Å²) in [5.41, 5.74) is 0.742. The molecule has 2 aromatic carbocycles. The van der Waals surface area contributed by atoms with Crippen LogP contribution in [-0.2, 0) is 0 Å². The summed E-state index contributed by atoms with van der Waals surface area (Å²) in [6.07, 6.45) is 1.98. The number of benzene rings is 2. The molecule has 0 atom stereocenters. The number of carbonyl (C=O) groups is 1. The van der Waals surface area contributed by atoms with Gasteiger partial charge < -0.3 is 10.1 Å². The summed E-state index contributed by atoms with van der Waals surface area (Å²) in [4.78, 5) is 22.5. The van der Waals surface area contributed by atoms with Gasteiger partial charge in [0.1, 0.15) is 5.75 Å². The van der Waals surface area contributed by atoms with E-state index in [1.54, 1.807) is 30.3 Å². The van der Waals surface area contributed by atoms with E-state index in [9.17, 15) is 14.9 Å². The van der Waals surface area contributed by atoms with Crippen molar-refractivity contribution >= 4 is 17.3 Å². The number of non-ortho nitro benzene ring substituents is 1. The Labute approximate surface area is 134 Å². The lowest BCUT2D eigenvalue weighted by Crippen LogP contribution is -2.12. The van der Waals surface area contributed by atoms with Crippen molar-refractivity contribution in [3.8, 4) is 5.75 Å². The quantitative estimate of drug-likeness (QED) is 0.475. The minimum absolute atomic E-state index is 0.0700. The monoisotopic (exact) mass is 314 g/mol. The summed E-state index contributed by atoms with van der Waals surface area (Å²) >= 11 is 0. The van der Waals surface area contributed by atoms with Crippen molar-refractivity contribution in [2.24, 2.45) is 0 Å². The third-order valence-electron chi connectivity index (χ3n) is 3.18. The molecule has 0 heterocycles. The molecule has 1 amide bonds. The Morgan fingerprint density at radius 3 is 2.74 bits per heavy atom. The van der Waals surface area contributed by atoms with Crippen molar-refractivity contribution in [2.45, 2.75) is 19.8 Å². The molecule has 120 valence electrons. The van der Waals surface area contributed by atoms with Crippen LogP contribution in [-0.4, -0.2) is 17.4 Å². The highest BCUT2D eigenvalue weighted by atomic mass is 16.6. The summed E-state index contributed by atoms with van der Waals surface area (Å²) in [6, 6.07) is 12.7. The lowest BCUT2D eigenvalue weighted by atomic mass is 10.2. The molecule has 2 rings (SSSR count).